The van der Waals surface area contributed by atoms with E-state index in [0.717, 1.165) is 34.4 Å². The highest BCUT2D eigenvalue weighted by atomic mass is 19.4. The second-order valence-corrected chi connectivity index (χ2v) is 6.58. The van der Waals surface area contributed by atoms with E-state index in [0.29, 0.717) is 5.56 Å². The van der Waals surface area contributed by atoms with Crippen LogP contribution in [0.4, 0.5) is 13.2 Å². The molecule has 6 nitrogen and oxygen atoms in total. The largest absolute Gasteiger partial charge is 0.417 e. The molecule has 1 amide bonds. The van der Waals surface area contributed by atoms with Gasteiger partial charge in [-0.15, -0.1) is 10.2 Å². The van der Waals surface area contributed by atoms with Gasteiger partial charge in [-0.25, -0.2) is 0 Å². The fourth-order valence-electron chi connectivity index (χ4n) is 3.09. The number of hydrogen-bond acceptors (Lipinski definition) is 3. The SMILES string of the molecule is Cc1[nH]c2ccc(C(=O)NCc3nnc4ccc(C(F)(F)F)cn34)cc2c1C. The van der Waals surface area contributed by atoms with Gasteiger partial charge in [-0.05, 0) is 49.7 Å². The molecule has 2 N–H and O–H groups in total. The third kappa shape index (κ3) is 3.08. The summed E-state index contributed by atoms with van der Waals surface area (Å²) in [6.07, 6.45) is -3.55. The van der Waals surface area contributed by atoms with Gasteiger partial charge in [0.05, 0.1) is 12.1 Å². The van der Waals surface area contributed by atoms with Gasteiger partial charge in [0.25, 0.3) is 5.91 Å². The summed E-state index contributed by atoms with van der Waals surface area (Å²) in [6.45, 7) is 3.88. The summed E-state index contributed by atoms with van der Waals surface area (Å²) in [7, 11) is 0. The average molecular weight is 387 g/mol. The number of pyridine rings is 1. The molecule has 144 valence electrons. The smallest absolute Gasteiger partial charge is 0.358 e. The van der Waals surface area contributed by atoms with Crippen LogP contribution in [0.1, 0.15) is 33.0 Å². The summed E-state index contributed by atoms with van der Waals surface area (Å²) in [5.41, 5.74) is 2.96. The van der Waals surface area contributed by atoms with Crippen LogP contribution in [0, 0.1) is 13.8 Å². The van der Waals surface area contributed by atoms with E-state index in [9.17, 15) is 18.0 Å². The van der Waals surface area contributed by atoms with Gasteiger partial charge in [-0.3, -0.25) is 9.20 Å². The van der Waals surface area contributed by atoms with Crippen molar-refractivity contribution in [2.75, 3.05) is 0 Å². The number of aryl methyl sites for hydroxylation is 2. The summed E-state index contributed by atoms with van der Waals surface area (Å²) < 4.78 is 40.0. The Kier molecular flexibility index (Phi) is 4.10. The van der Waals surface area contributed by atoms with Crippen LogP contribution in [0.3, 0.4) is 0 Å². The minimum absolute atomic E-state index is 0.0511. The van der Waals surface area contributed by atoms with Crippen molar-refractivity contribution in [3.63, 3.8) is 0 Å². The van der Waals surface area contributed by atoms with Crippen LogP contribution >= 0.6 is 0 Å². The molecule has 0 saturated carbocycles. The van der Waals surface area contributed by atoms with Gasteiger partial charge in [0, 0.05) is 28.4 Å². The van der Waals surface area contributed by atoms with Gasteiger partial charge in [0.15, 0.2) is 11.5 Å². The normalized spacial score (nSPS) is 12.0. The monoisotopic (exact) mass is 387 g/mol. The zero-order valence-electron chi connectivity index (χ0n) is 15.1. The minimum Gasteiger partial charge on any atom is -0.358 e. The molecule has 0 aliphatic rings. The van der Waals surface area contributed by atoms with Crippen molar-refractivity contribution in [3.8, 4) is 0 Å². The Labute approximate surface area is 157 Å². The second-order valence-electron chi connectivity index (χ2n) is 6.58. The van der Waals surface area contributed by atoms with E-state index in [-0.39, 0.29) is 23.9 Å². The summed E-state index contributed by atoms with van der Waals surface area (Å²) in [5, 5.41) is 11.4. The number of hydrogen-bond donors (Lipinski definition) is 2. The van der Waals surface area contributed by atoms with Gasteiger partial charge in [-0.2, -0.15) is 13.2 Å². The van der Waals surface area contributed by atoms with E-state index in [1.54, 1.807) is 12.1 Å². The quantitative estimate of drug-likeness (QED) is 0.562. The highest BCUT2D eigenvalue weighted by Gasteiger charge is 2.31. The Morgan fingerprint density at radius 2 is 1.96 bits per heavy atom. The Morgan fingerprint density at radius 1 is 1.18 bits per heavy atom. The summed E-state index contributed by atoms with van der Waals surface area (Å²) in [5.74, 6) is -0.131. The third-order valence-corrected chi connectivity index (χ3v) is 4.78. The summed E-state index contributed by atoms with van der Waals surface area (Å²) in [4.78, 5) is 15.7. The van der Waals surface area contributed by atoms with Gasteiger partial charge < -0.3 is 10.3 Å². The van der Waals surface area contributed by atoms with E-state index in [1.807, 2.05) is 19.9 Å². The molecule has 0 saturated heterocycles. The van der Waals surface area contributed by atoms with Crippen molar-refractivity contribution in [2.24, 2.45) is 0 Å². The molecule has 9 heteroatoms. The molecule has 0 aliphatic carbocycles. The second kappa shape index (κ2) is 6.36. The first-order chi connectivity index (χ1) is 13.2. The van der Waals surface area contributed by atoms with Gasteiger partial charge in [-0.1, -0.05) is 0 Å². The molecule has 0 radical (unpaired) electrons. The topological polar surface area (TPSA) is 75.1 Å². The minimum atomic E-state index is -4.47. The Hall–Kier alpha value is -3.36. The third-order valence-electron chi connectivity index (χ3n) is 4.78. The van der Waals surface area contributed by atoms with E-state index in [1.165, 1.54) is 10.5 Å². The summed E-state index contributed by atoms with van der Waals surface area (Å²) in [6, 6.07) is 7.49. The molecule has 0 bridgehead atoms. The van der Waals surface area contributed by atoms with Crippen LogP contribution in [0.2, 0.25) is 0 Å². The van der Waals surface area contributed by atoms with Gasteiger partial charge >= 0.3 is 6.18 Å². The van der Waals surface area contributed by atoms with Crippen LogP contribution in [-0.2, 0) is 12.7 Å². The Balaban J connectivity index is 1.57. The number of nitrogens with one attached hydrogen (secondary N) is 2. The number of aromatic nitrogens is 4. The first-order valence-electron chi connectivity index (χ1n) is 8.52. The molecule has 0 fully saturated rings. The zero-order valence-corrected chi connectivity index (χ0v) is 15.1. The molecule has 4 rings (SSSR count). The van der Waals surface area contributed by atoms with Gasteiger partial charge in [0.2, 0.25) is 0 Å². The molecule has 0 spiro atoms. The molecule has 3 aromatic heterocycles. The van der Waals surface area contributed by atoms with E-state index >= 15 is 0 Å². The maximum atomic E-state index is 12.9. The fourth-order valence-corrected chi connectivity index (χ4v) is 3.09. The highest BCUT2D eigenvalue weighted by molar-refractivity contribution is 5.99. The van der Waals surface area contributed by atoms with Crippen molar-refractivity contribution in [3.05, 3.63) is 64.7 Å². The van der Waals surface area contributed by atoms with Crippen LogP contribution in [0.5, 0.6) is 0 Å². The van der Waals surface area contributed by atoms with Crippen LogP contribution in [0.25, 0.3) is 16.6 Å². The lowest BCUT2D eigenvalue weighted by Gasteiger charge is -2.08. The lowest BCUT2D eigenvalue weighted by molar-refractivity contribution is -0.137. The van der Waals surface area contributed by atoms with Crippen molar-refractivity contribution in [2.45, 2.75) is 26.6 Å². The van der Waals surface area contributed by atoms with Crippen molar-refractivity contribution in [1.29, 1.82) is 0 Å². The Bertz CT molecular complexity index is 1210. The van der Waals surface area contributed by atoms with Crippen LogP contribution in [-0.4, -0.2) is 25.5 Å². The standard InChI is InChI=1S/C19H16F3N5O/c1-10-11(2)24-15-5-3-12(7-14(10)15)18(28)23-8-17-26-25-16-6-4-13(9-27(16)17)19(20,21)22/h3-7,9,24H,8H2,1-2H3,(H,23,28). The number of H-pyrrole nitrogens is 1. The highest BCUT2D eigenvalue weighted by Crippen LogP contribution is 2.29. The number of fused-ring (bicyclic) bond motifs is 2. The number of carbonyl (C=O) groups is 1. The predicted molar refractivity (Wildman–Crippen MR) is 96.9 cm³/mol. The number of benzene rings is 1. The number of amides is 1. The van der Waals surface area contributed by atoms with E-state index in [2.05, 4.69) is 20.5 Å². The first kappa shape index (κ1) is 18.0. The van der Waals surface area contributed by atoms with E-state index < -0.39 is 11.7 Å². The lowest BCUT2D eigenvalue weighted by atomic mass is 10.1. The molecule has 1 aromatic carbocycles. The molecule has 0 aliphatic heterocycles. The maximum absolute atomic E-state index is 12.9. The van der Waals surface area contributed by atoms with Crippen molar-refractivity contribution < 1.29 is 18.0 Å². The lowest BCUT2D eigenvalue weighted by Crippen LogP contribution is -2.24. The summed E-state index contributed by atoms with van der Waals surface area (Å²) >= 11 is 0. The molecular formula is C19H16F3N5O. The number of rotatable bonds is 3. The maximum Gasteiger partial charge on any atom is 0.417 e. The molecule has 3 heterocycles. The molecule has 0 unspecified atom stereocenters. The van der Waals surface area contributed by atoms with Crippen molar-refractivity contribution >= 4 is 22.5 Å². The molecule has 4 aromatic rings. The zero-order chi connectivity index (χ0) is 20.1. The number of nitrogens with zero attached hydrogens (tertiary/aromatic N) is 3. The molecule has 28 heavy (non-hydrogen) atoms. The predicted octanol–water partition coefficient (Wildman–Crippen LogP) is 3.78. The average Bonchev–Trinajstić information content (AvgIpc) is 3.19. The van der Waals surface area contributed by atoms with Gasteiger partial charge in [0.1, 0.15) is 0 Å². The number of aromatic amines is 1. The number of carbonyl (C=O) groups excluding carboxylic acids is 1. The van der Waals surface area contributed by atoms with Crippen LogP contribution in [0.15, 0.2) is 36.5 Å². The molecular weight excluding hydrogens is 371 g/mol. The van der Waals surface area contributed by atoms with Crippen molar-refractivity contribution in [1.82, 2.24) is 24.9 Å². The van der Waals surface area contributed by atoms with Crippen LogP contribution < -0.4 is 5.32 Å². The van der Waals surface area contributed by atoms with E-state index in [4.69, 9.17) is 0 Å². The first-order valence-corrected chi connectivity index (χ1v) is 8.52. The Morgan fingerprint density at radius 3 is 2.71 bits per heavy atom. The number of halogens is 3. The molecule has 0 atom stereocenters. The number of alkyl halides is 3. The fraction of sp³-hybridized carbons (Fsp3) is 0.211.